The van der Waals surface area contributed by atoms with Crippen LogP contribution in [0.1, 0.15) is 44.8 Å². The third kappa shape index (κ3) is 4.52. The Labute approximate surface area is 165 Å². The Hall–Kier alpha value is -2.41. The summed E-state index contributed by atoms with van der Waals surface area (Å²) < 4.78 is 10.4. The van der Waals surface area contributed by atoms with Gasteiger partial charge in [-0.25, -0.2) is 4.79 Å². The third-order valence-electron chi connectivity index (χ3n) is 5.21. The van der Waals surface area contributed by atoms with Crippen LogP contribution in [0.5, 0.6) is 0 Å². The lowest BCUT2D eigenvalue weighted by Gasteiger charge is -2.26. The van der Waals surface area contributed by atoms with E-state index in [1.165, 1.54) is 7.11 Å². The molecule has 3 rings (SSSR count). The van der Waals surface area contributed by atoms with Crippen LogP contribution in [0.25, 0.3) is 0 Å². The summed E-state index contributed by atoms with van der Waals surface area (Å²) >= 11 is 0. The van der Waals surface area contributed by atoms with Crippen molar-refractivity contribution in [3.63, 3.8) is 0 Å². The van der Waals surface area contributed by atoms with Crippen LogP contribution in [0, 0.1) is 5.92 Å². The van der Waals surface area contributed by atoms with Crippen molar-refractivity contribution in [1.29, 1.82) is 0 Å². The van der Waals surface area contributed by atoms with Gasteiger partial charge in [0, 0.05) is 6.54 Å². The van der Waals surface area contributed by atoms with Crippen LogP contribution in [-0.2, 0) is 23.9 Å². The molecule has 0 radical (unpaired) electrons. The highest BCUT2D eigenvalue weighted by molar-refractivity contribution is 5.93. The van der Waals surface area contributed by atoms with Crippen molar-refractivity contribution in [3.05, 3.63) is 35.9 Å². The number of amides is 2. The fraction of sp³-hybridized carbons (Fsp3) is 0.571. The zero-order valence-electron chi connectivity index (χ0n) is 16.6. The van der Waals surface area contributed by atoms with E-state index in [1.807, 2.05) is 44.2 Å². The lowest BCUT2D eigenvalue weighted by molar-refractivity contribution is -0.147. The number of nitrogens with zero attached hydrogens (tertiary/aromatic N) is 1. The highest BCUT2D eigenvalue weighted by Gasteiger charge is 2.50. The molecule has 2 saturated heterocycles. The summed E-state index contributed by atoms with van der Waals surface area (Å²) in [5, 5.41) is 2.78. The Bertz CT molecular complexity index is 721. The minimum atomic E-state index is -0.704. The van der Waals surface area contributed by atoms with Gasteiger partial charge in [-0.2, -0.15) is 0 Å². The Morgan fingerprint density at radius 3 is 2.61 bits per heavy atom. The minimum absolute atomic E-state index is 0.162. The Morgan fingerprint density at radius 2 is 1.96 bits per heavy atom. The molecule has 1 N–H and O–H groups in total. The smallest absolute Gasteiger partial charge is 0.328 e. The number of likely N-dealkylation sites (tertiary alicyclic amines) is 1. The average Bonchev–Trinajstić information content (AvgIpc) is 3.34. The lowest BCUT2D eigenvalue weighted by Crippen LogP contribution is -2.52. The molecule has 0 bridgehead atoms. The number of methoxy groups -OCH3 is 1. The molecule has 1 aromatic carbocycles. The van der Waals surface area contributed by atoms with Crippen LogP contribution in [0.2, 0.25) is 0 Å². The average molecular weight is 388 g/mol. The zero-order chi connectivity index (χ0) is 20.3. The predicted molar refractivity (Wildman–Crippen MR) is 102 cm³/mol. The SMILES string of the molecule is COC(=O)[C@H](CC(C)C)NC(=O)[C@@H]1CCCN1C(=O)[C@@H]1O[C@H]1c1ccccc1. The highest BCUT2D eigenvalue weighted by atomic mass is 16.6. The van der Waals surface area contributed by atoms with Gasteiger partial charge in [0.25, 0.3) is 5.91 Å². The van der Waals surface area contributed by atoms with E-state index in [2.05, 4.69) is 5.32 Å². The molecule has 4 atom stereocenters. The van der Waals surface area contributed by atoms with Gasteiger partial charge in [0.2, 0.25) is 5.91 Å². The predicted octanol–water partition coefficient (Wildman–Crippen LogP) is 1.82. The molecule has 1 aromatic rings. The largest absolute Gasteiger partial charge is 0.467 e. The van der Waals surface area contributed by atoms with Gasteiger partial charge in [-0.1, -0.05) is 44.2 Å². The number of carbonyl (C=O) groups is 3. The molecule has 2 fully saturated rings. The highest BCUT2D eigenvalue weighted by Crippen LogP contribution is 2.40. The van der Waals surface area contributed by atoms with Crippen molar-refractivity contribution in [2.45, 2.75) is 57.4 Å². The normalized spacial score (nSPS) is 24.7. The lowest BCUT2D eigenvalue weighted by atomic mass is 10.0. The summed E-state index contributed by atoms with van der Waals surface area (Å²) in [5.41, 5.74) is 0.962. The van der Waals surface area contributed by atoms with E-state index >= 15 is 0 Å². The van der Waals surface area contributed by atoms with E-state index in [0.29, 0.717) is 19.4 Å². The number of esters is 1. The number of carbonyl (C=O) groups excluding carboxylic acids is 3. The van der Waals surface area contributed by atoms with Crippen LogP contribution in [0.3, 0.4) is 0 Å². The van der Waals surface area contributed by atoms with Crippen molar-refractivity contribution in [1.82, 2.24) is 10.2 Å². The second-order valence-corrected chi connectivity index (χ2v) is 7.79. The van der Waals surface area contributed by atoms with Crippen molar-refractivity contribution >= 4 is 17.8 Å². The molecule has 0 spiro atoms. The molecule has 7 nitrogen and oxygen atoms in total. The molecular weight excluding hydrogens is 360 g/mol. The molecule has 2 aliphatic heterocycles. The first-order valence-electron chi connectivity index (χ1n) is 9.81. The van der Waals surface area contributed by atoms with Crippen LogP contribution in [0.4, 0.5) is 0 Å². The Morgan fingerprint density at radius 1 is 1.25 bits per heavy atom. The molecule has 0 aromatic heterocycles. The number of nitrogens with one attached hydrogen (secondary N) is 1. The van der Waals surface area contributed by atoms with Gasteiger partial charge in [0.15, 0.2) is 6.10 Å². The summed E-state index contributed by atoms with van der Waals surface area (Å²) in [5.74, 6) is -0.714. The number of ether oxygens (including phenoxy) is 2. The van der Waals surface area contributed by atoms with E-state index in [9.17, 15) is 14.4 Å². The van der Waals surface area contributed by atoms with Gasteiger partial charge >= 0.3 is 5.97 Å². The third-order valence-corrected chi connectivity index (χ3v) is 5.21. The summed E-state index contributed by atoms with van der Waals surface area (Å²) in [7, 11) is 1.31. The molecule has 2 heterocycles. The van der Waals surface area contributed by atoms with Gasteiger partial charge in [-0.05, 0) is 30.7 Å². The first-order chi connectivity index (χ1) is 13.4. The summed E-state index contributed by atoms with van der Waals surface area (Å²) in [6.45, 7) is 4.47. The standard InChI is InChI=1S/C21H28N2O5/c1-13(2)12-15(21(26)27-3)22-19(24)16-10-7-11-23(16)20(25)18-17(28-18)14-8-5-4-6-9-14/h4-6,8-9,13,15-18H,7,10-12H2,1-3H3,(H,22,24)/t15-,16-,17-,18+/m0/s1. The number of hydrogen-bond donors (Lipinski definition) is 1. The van der Waals surface area contributed by atoms with Crippen LogP contribution >= 0.6 is 0 Å². The maximum Gasteiger partial charge on any atom is 0.328 e. The van der Waals surface area contributed by atoms with E-state index in [-0.39, 0.29) is 23.8 Å². The van der Waals surface area contributed by atoms with Crippen molar-refractivity contribution < 1.29 is 23.9 Å². The van der Waals surface area contributed by atoms with Gasteiger partial charge < -0.3 is 19.7 Å². The van der Waals surface area contributed by atoms with E-state index in [0.717, 1.165) is 12.0 Å². The van der Waals surface area contributed by atoms with Crippen molar-refractivity contribution in [2.75, 3.05) is 13.7 Å². The Balaban J connectivity index is 1.63. The summed E-state index contributed by atoms with van der Waals surface area (Å²) in [6.07, 6.45) is 1.03. The number of rotatable bonds is 7. The number of benzene rings is 1. The van der Waals surface area contributed by atoms with Crippen LogP contribution in [-0.4, -0.2) is 54.5 Å². The fourth-order valence-corrected chi connectivity index (χ4v) is 3.76. The first kappa shape index (κ1) is 20.3. The van der Waals surface area contributed by atoms with Crippen LogP contribution < -0.4 is 5.32 Å². The molecule has 0 aliphatic carbocycles. The molecule has 0 unspecified atom stereocenters. The van der Waals surface area contributed by atoms with Gasteiger partial charge in [-0.15, -0.1) is 0 Å². The van der Waals surface area contributed by atoms with Gasteiger partial charge in [0.05, 0.1) is 7.11 Å². The molecule has 152 valence electrons. The second-order valence-electron chi connectivity index (χ2n) is 7.79. The zero-order valence-corrected chi connectivity index (χ0v) is 16.6. The maximum absolute atomic E-state index is 12.9. The Kier molecular flexibility index (Phi) is 6.34. The molecule has 7 heteroatoms. The van der Waals surface area contributed by atoms with Gasteiger partial charge in [0.1, 0.15) is 18.2 Å². The molecule has 28 heavy (non-hydrogen) atoms. The molecular formula is C21H28N2O5. The van der Waals surface area contributed by atoms with E-state index in [1.54, 1.807) is 4.90 Å². The van der Waals surface area contributed by atoms with Crippen molar-refractivity contribution in [2.24, 2.45) is 5.92 Å². The number of epoxide rings is 1. The molecule has 2 aliphatic rings. The second kappa shape index (κ2) is 8.73. The quantitative estimate of drug-likeness (QED) is 0.569. The first-order valence-corrected chi connectivity index (χ1v) is 9.81. The number of hydrogen-bond acceptors (Lipinski definition) is 5. The fourth-order valence-electron chi connectivity index (χ4n) is 3.76. The van der Waals surface area contributed by atoms with Crippen molar-refractivity contribution in [3.8, 4) is 0 Å². The topological polar surface area (TPSA) is 88.2 Å². The summed E-state index contributed by atoms with van der Waals surface area (Å²) in [4.78, 5) is 39.3. The van der Waals surface area contributed by atoms with E-state index in [4.69, 9.17) is 9.47 Å². The van der Waals surface area contributed by atoms with E-state index < -0.39 is 24.2 Å². The molecule has 2 amide bonds. The monoisotopic (exact) mass is 388 g/mol. The molecule has 0 saturated carbocycles. The maximum atomic E-state index is 12.9. The minimum Gasteiger partial charge on any atom is -0.467 e. The van der Waals surface area contributed by atoms with Crippen LogP contribution in [0.15, 0.2) is 30.3 Å². The summed E-state index contributed by atoms with van der Waals surface area (Å²) in [6, 6.07) is 8.31. The van der Waals surface area contributed by atoms with Gasteiger partial charge in [-0.3, -0.25) is 9.59 Å².